The summed E-state index contributed by atoms with van der Waals surface area (Å²) in [4.78, 5) is 33.8. The van der Waals surface area contributed by atoms with Crippen molar-refractivity contribution in [2.45, 2.75) is 12.0 Å². The topological polar surface area (TPSA) is 110 Å². The van der Waals surface area contributed by atoms with Crippen LogP contribution in [0.5, 0.6) is 0 Å². The molecule has 1 fully saturated rings. The third-order valence-electron chi connectivity index (χ3n) is 3.18. The summed E-state index contributed by atoms with van der Waals surface area (Å²) in [5, 5.41) is 22.8. The Morgan fingerprint density at radius 3 is 2.71 bits per heavy atom. The van der Waals surface area contributed by atoms with Crippen LogP contribution in [0.1, 0.15) is 16.8 Å². The second kappa shape index (κ2) is 5.90. The summed E-state index contributed by atoms with van der Waals surface area (Å²) in [6.45, 7) is 0. The summed E-state index contributed by atoms with van der Waals surface area (Å²) < 4.78 is 0. The van der Waals surface area contributed by atoms with Crippen LogP contribution in [0.25, 0.3) is 0 Å². The van der Waals surface area contributed by atoms with Crippen molar-refractivity contribution in [2.24, 2.45) is 0 Å². The zero-order valence-corrected chi connectivity index (χ0v) is 12.2. The van der Waals surface area contributed by atoms with Crippen molar-refractivity contribution in [3.63, 3.8) is 0 Å². The van der Waals surface area contributed by atoms with Gasteiger partial charge >= 0.3 is 5.97 Å². The molecule has 1 aromatic rings. The van der Waals surface area contributed by atoms with Crippen LogP contribution < -0.4 is 5.32 Å². The molecule has 1 aromatic carbocycles. The van der Waals surface area contributed by atoms with Crippen molar-refractivity contribution >= 4 is 40.9 Å². The average molecular weight is 331 g/mol. The molecule has 1 atom stereocenters. The number of carbonyl (C=O) groups is 2. The lowest BCUT2D eigenvalue weighted by atomic mass is 9.98. The number of carboxylic acids is 1. The fourth-order valence-corrected chi connectivity index (χ4v) is 3.51. The Morgan fingerprint density at radius 2 is 2.19 bits per heavy atom. The van der Waals surface area contributed by atoms with Crippen molar-refractivity contribution in [2.75, 3.05) is 11.5 Å². The van der Waals surface area contributed by atoms with Crippen LogP contribution in [0, 0.1) is 10.1 Å². The number of rotatable bonds is 4. The predicted octanol–water partition coefficient (Wildman–Crippen LogP) is 1.94. The lowest BCUT2D eigenvalue weighted by molar-refractivity contribution is -0.385. The van der Waals surface area contributed by atoms with Crippen molar-refractivity contribution < 1.29 is 19.6 Å². The molecule has 1 amide bonds. The second-order valence-electron chi connectivity index (χ2n) is 4.56. The molecule has 1 aliphatic heterocycles. The number of nitro benzene ring substituents is 1. The van der Waals surface area contributed by atoms with E-state index < -0.39 is 28.0 Å². The summed E-state index contributed by atoms with van der Waals surface area (Å²) in [5.41, 5.74) is -2.04. The number of amides is 1. The molecule has 0 aliphatic carbocycles. The standard InChI is InChI=1S/C12H11ClN2O5S/c13-7-1-2-8(9(5-7)15(19)20)10(16)14-12(11(17)18)3-4-21-6-12/h1-2,5H,3-4,6H2,(H,14,16)(H,17,18). The molecule has 7 nitrogen and oxygen atoms in total. The maximum absolute atomic E-state index is 12.2. The number of nitrogens with one attached hydrogen (secondary N) is 1. The lowest BCUT2D eigenvalue weighted by Crippen LogP contribution is -2.54. The Bertz CT molecular complexity index is 616. The normalized spacial score (nSPS) is 21.0. The van der Waals surface area contributed by atoms with Crippen molar-refractivity contribution in [1.29, 1.82) is 0 Å². The Hall–Kier alpha value is -1.80. The van der Waals surface area contributed by atoms with E-state index >= 15 is 0 Å². The molecule has 1 saturated heterocycles. The highest BCUT2D eigenvalue weighted by Gasteiger charge is 2.44. The van der Waals surface area contributed by atoms with E-state index in [2.05, 4.69) is 5.32 Å². The smallest absolute Gasteiger partial charge is 0.330 e. The molecule has 1 aliphatic rings. The quantitative estimate of drug-likeness (QED) is 0.645. The van der Waals surface area contributed by atoms with Crippen molar-refractivity contribution in [3.8, 4) is 0 Å². The number of halogens is 1. The number of nitro groups is 1. The van der Waals surface area contributed by atoms with Gasteiger partial charge < -0.3 is 10.4 Å². The van der Waals surface area contributed by atoms with Gasteiger partial charge in [0.15, 0.2) is 0 Å². The highest BCUT2D eigenvalue weighted by Crippen LogP contribution is 2.30. The molecule has 112 valence electrons. The van der Waals surface area contributed by atoms with Crippen LogP contribution in [0.15, 0.2) is 18.2 Å². The van der Waals surface area contributed by atoms with Crippen LogP contribution in [-0.2, 0) is 4.79 Å². The minimum atomic E-state index is -1.38. The Labute approximate surface area is 128 Å². The molecular formula is C12H11ClN2O5S. The van der Waals surface area contributed by atoms with E-state index in [4.69, 9.17) is 11.6 Å². The zero-order valence-electron chi connectivity index (χ0n) is 10.7. The fourth-order valence-electron chi connectivity index (χ4n) is 2.02. The van der Waals surface area contributed by atoms with E-state index in [9.17, 15) is 24.8 Å². The number of thioether (sulfide) groups is 1. The molecule has 21 heavy (non-hydrogen) atoms. The minimum Gasteiger partial charge on any atom is -0.479 e. The average Bonchev–Trinajstić information content (AvgIpc) is 2.88. The van der Waals surface area contributed by atoms with E-state index in [0.717, 1.165) is 6.07 Å². The summed E-state index contributed by atoms with van der Waals surface area (Å²) >= 11 is 7.09. The summed E-state index contributed by atoms with van der Waals surface area (Å²) in [6, 6.07) is 3.63. The van der Waals surface area contributed by atoms with Gasteiger partial charge in [-0.05, 0) is 24.3 Å². The van der Waals surface area contributed by atoms with Crippen LogP contribution in [0.2, 0.25) is 5.02 Å². The first-order chi connectivity index (χ1) is 9.85. The molecule has 0 aromatic heterocycles. The van der Waals surface area contributed by atoms with Gasteiger partial charge in [0.25, 0.3) is 11.6 Å². The summed E-state index contributed by atoms with van der Waals surface area (Å²) in [6.07, 6.45) is 0.278. The molecule has 0 radical (unpaired) electrons. The molecule has 0 bridgehead atoms. The largest absolute Gasteiger partial charge is 0.479 e. The van der Waals surface area contributed by atoms with Crippen LogP contribution in [0.3, 0.4) is 0 Å². The minimum absolute atomic E-state index is 0.127. The first-order valence-electron chi connectivity index (χ1n) is 5.93. The maximum atomic E-state index is 12.2. The van der Waals surface area contributed by atoms with E-state index in [-0.39, 0.29) is 22.8 Å². The van der Waals surface area contributed by atoms with Gasteiger partial charge in [0.2, 0.25) is 0 Å². The van der Waals surface area contributed by atoms with Gasteiger partial charge in [0.05, 0.1) is 4.92 Å². The molecule has 1 heterocycles. The maximum Gasteiger partial charge on any atom is 0.330 e. The third kappa shape index (κ3) is 3.11. The molecule has 0 spiro atoms. The predicted molar refractivity (Wildman–Crippen MR) is 77.9 cm³/mol. The SMILES string of the molecule is O=C(NC1(C(=O)O)CCSC1)c1ccc(Cl)cc1[N+](=O)[O-]. The van der Waals surface area contributed by atoms with Gasteiger partial charge in [0.1, 0.15) is 11.1 Å². The van der Waals surface area contributed by atoms with E-state index in [1.165, 1.54) is 23.9 Å². The summed E-state index contributed by atoms with van der Waals surface area (Å²) in [7, 11) is 0. The van der Waals surface area contributed by atoms with Gasteiger partial charge in [-0.1, -0.05) is 11.6 Å². The van der Waals surface area contributed by atoms with Crippen LogP contribution in [0.4, 0.5) is 5.69 Å². The number of aliphatic carboxylic acids is 1. The van der Waals surface area contributed by atoms with Crippen molar-refractivity contribution in [3.05, 3.63) is 38.9 Å². The Morgan fingerprint density at radius 1 is 1.48 bits per heavy atom. The Kier molecular flexibility index (Phi) is 4.38. The second-order valence-corrected chi connectivity index (χ2v) is 6.10. The van der Waals surface area contributed by atoms with E-state index in [1.807, 2.05) is 0 Å². The number of carboxylic acid groups (broad SMARTS) is 1. The first kappa shape index (κ1) is 15.6. The van der Waals surface area contributed by atoms with E-state index in [1.54, 1.807) is 0 Å². The van der Waals surface area contributed by atoms with Gasteiger partial charge in [-0.3, -0.25) is 14.9 Å². The monoisotopic (exact) mass is 330 g/mol. The lowest BCUT2D eigenvalue weighted by Gasteiger charge is -2.24. The number of nitrogens with zero attached hydrogens (tertiary/aromatic N) is 1. The number of hydrogen-bond donors (Lipinski definition) is 2. The number of carbonyl (C=O) groups excluding carboxylic acids is 1. The Balaban J connectivity index is 2.32. The van der Waals surface area contributed by atoms with Gasteiger partial charge in [0, 0.05) is 16.8 Å². The molecule has 1 unspecified atom stereocenters. The molecular weight excluding hydrogens is 320 g/mol. The van der Waals surface area contributed by atoms with E-state index in [0.29, 0.717) is 5.75 Å². The van der Waals surface area contributed by atoms with Crippen molar-refractivity contribution in [1.82, 2.24) is 5.32 Å². The van der Waals surface area contributed by atoms with Gasteiger partial charge in [-0.2, -0.15) is 11.8 Å². The molecule has 9 heteroatoms. The molecule has 0 saturated carbocycles. The number of benzene rings is 1. The fraction of sp³-hybridized carbons (Fsp3) is 0.333. The summed E-state index contributed by atoms with van der Waals surface area (Å²) in [5.74, 6) is -1.09. The zero-order chi connectivity index (χ0) is 15.6. The van der Waals surface area contributed by atoms with Crippen LogP contribution in [-0.4, -0.2) is 39.0 Å². The molecule has 2 rings (SSSR count). The van der Waals surface area contributed by atoms with Crippen LogP contribution >= 0.6 is 23.4 Å². The van der Waals surface area contributed by atoms with Gasteiger partial charge in [-0.15, -0.1) is 0 Å². The first-order valence-corrected chi connectivity index (χ1v) is 7.46. The number of hydrogen-bond acceptors (Lipinski definition) is 5. The van der Waals surface area contributed by atoms with Gasteiger partial charge in [-0.25, -0.2) is 4.79 Å². The molecule has 2 N–H and O–H groups in total. The highest BCUT2D eigenvalue weighted by molar-refractivity contribution is 7.99. The highest BCUT2D eigenvalue weighted by atomic mass is 35.5. The third-order valence-corrected chi connectivity index (χ3v) is 4.61.